The molecule has 7 atom stereocenters. The van der Waals surface area contributed by atoms with Gasteiger partial charge in [0, 0.05) is 25.4 Å². The van der Waals surface area contributed by atoms with Gasteiger partial charge in [-0.15, -0.1) is 0 Å². The highest BCUT2D eigenvalue weighted by Crippen LogP contribution is 2.63. The zero-order valence-corrected chi connectivity index (χ0v) is 28.6. The average molecular weight is 634 g/mol. The van der Waals surface area contributed by atoms with E-state index in [9.17, 15) is 15.0 Å². The number of rotatable bonds is 17. The Bertz CT molecular complexity index is 1240. The molecule has 0 radical (unpaired) electrons. The Balaban J connectivity index is 1.18. The van der Waals surface area contributed by atoms with Gasteiger partial charge in [-0.05, 0) is 96.9 Å². The molecule has 2 aromatic carbocycles. The van der Waals surface area contributed by atoms with Crippen LogP contribution in [0.15, 0.2) is 48.5 Å². The molecule has 0 saturated heterocycles. The predicted molar refractivity (Wildman–Crippen MR) is 185 cm³/mol. The molecule has 5 heteroatoms. The van der Waals surface area contributed by atoms with E-state index in [4.69, 9.17) is 0 Å². The molecular formula is C41H60FNO3. The maximum Gasteiger partial charge on any atom is 0.222 e. The van der Waals surface area contributed by atoms with Gasteiger partial charge in [0.25, 0.3) is 0 Å². The molecule has 0 heterocycles. The van der Waals surface area contributed by atoms with Crippen molar-refractivity contribution >= 4 is 5.91 Å². The minimum Gasteiger partial charge on any atom is -0.508 e. The summed E-state index contributed by atoms with van der Waals surface area (Å²) >= 11 is 0. The van der Waals surface area contributed by atoms with Gasteiger partial charge in [-0.2, -0.15) is 0 Å². The Labute approximate surface area is 278 Å². The van der Waals surface area contributed by atoms with Crippen LogP contribution in [0.1, 0.15) is 139 Å². The lowest BCUT2D eigenvalue weighted by atomic mass is 9.51. The minimum atomic E-state index is -0.981. The van der Waals surface area contributed by atoms with Crippen LogP contribution in [0.5, 0.6) is 5.75 Å². The highest BCUT2D eigenvalue weighted by Gasteiger charge is 2.59. The number of aromatic hydroxyl groups is 1. The van der Waals surface area contributed by atoms with E-state index >= 15 is 4.39 Å². The normalized spacial score (nSPS) is 28.3. The number of hydrogen-bond acceptors (Lipinski definition) is 3. The molecule has 0 aromatic heterocycles. The number of fused-ring (bicyclic) bond motifs is 5. The number of unbranched alkanes of at least 4 members (excludes halogenated alkanes) is 9. The fraction of sp³-hybridized carbons (Fsp3) is 0.683. The number of carbonyl (C=O) groups excluding carboxylic acids is 1. The zero-order valence-electron chi connectivity index (χ0n) is 28.6. The number of nitrogens with zero attached hydrogens (tertiary/aromatic N) is 1. The molecule has 0 unspecified atom stereocenters. The van der Waals surface area contributed by atoms with Crippen molar-refractivity contribution in [3.8, 4) is 5.75 Å². The van der Waals surface area contributed by atoms with Crippen molar-refractivity contribution in [1.82, 2.24) is 4.90 Å². The van der Waals surface area contributed by atoms with Crippen molar-refractivity contribution in [3.05, 3.63) is 65.2 Å². The molecule has 0 spiro atoms. The summed E-state index contributed by atoms with van der Waals surface area (Å²) in [6, 6.07) is 15.9. The van der Waals surface area contributed by atoms with E-state index in [-0.39, 0.29) is 28.9 Å². The van der Waals surface area contributed by atoms with E-state index < -0.39 is 12.3 Å². The standard InChI is InChI=1S/C41H60FNO3/c1-3-4-5-6-7-8-9-10-14-20-38(46)43(29-30-17-12-11-13-18-30)25-16-15-19-31-26-32-27-33(44)21-22-34(32)40-36(42)28-41(2)35(39(31)40)23-24-37(41)45/h11-13,17-18,21-22,27,31,35-37,39-40,44-45H,3-10,14-16,19-20,23-26,28-29H2,1-2H3/t31-,35+,36+,37+,39+,40+,41+/m1/s1. The van der Waals surface area contributed by atoms with E-state index in [0.29, 0.717) is 31.2 Å². The summed E-state index contributed by atoms with van der Waals surface area (Å²) in [7, 11) is 0. The molecule has 1 amide bonds. The molecule has 5 rings (SSSR count). The molecule has 254 valence electrons. The number of phenolic OH excluding ortho intramolecular Hbond substituents is 1. The zero-order chi connectivity index (χ0) is 32.5. The fourth-order valence-corrected chi connectivity index (χ4v) is 9.58. The number of alkyl halides is 1. The van der Waals surface area contributed by atoms with Crippen LogP contribution in [0.25, 0.3) is 0 Å². The van der Waals surface area contributed by atoms with Crippen molar-refractivity contribution < 1.29 is 19.4 Å². The van der Waals surface area contributed by atoms with Crippen molar-refractivity contribution in [2.75, 3.05) is 6.54 Å². The summed E-state index contributed by atoms with van der Waals surface area (Å²) in [6.07, 6.45) is 16.3. The lowest BCUT2D eigenvalue weighted by molar-refractivity contribution is -0.132. The van der Waals surface area contributed by atoms with Gasteiger partial charge in [0.15, 0.2) is 0 Å². The van der Waals surface area contributed by atoms with Gasteiger partial charge < -0.3 is 15.1 Å². The molecule has 46 heavy (non-hydrogen) atoms. The van der Waals surface area contributed by atoms with Crippen molar-refractivity contribution in [2.24, 2.45) is 23.2 Å². The molecule has 2 saturated carbocycles. The van der Waals surface area contributed by atoms with Gasteiger partial charge in [-0.25, -0.2) is 4.39 Å². The summed E-state index contributed by atoms with van der Waals surface area (Å²) in [4.78, 5) is 15.5. The highest BCUT2D eigenvalue weighted by atomic mass is 19.1. The fourth-order valence-electron chi connectivity index (χ4n) is 9.58. The summed E-state index contributed by atoms with van der Waals surface area (Å²) in [5.41, 5.74) is 2.98. The minimum absolute atomic E-state index is 0.162. The van der Waals surface area contributed by atoms with Crippen LogP contribution in [-0.2, 0) is 17.8 Å². The largest absolute Gasteiger partial charge is 0.508 e. The third-order valence-electron chi connectivity index (χ3n) is 12.1. The number of phenols is 1. The van der Waals surface area contributed by atoms with Crippen LogP contribution in [-0.4, -0.2) is 39.8 Å². The van der Waals surface area contributed by atoms with E-state index in [0.717, 1.165) is 69.0 Å². The van der Waals surface area contributed by atoms with Gasteiger partial charge in [0.2, 0.25) is 5.91 Å². The number of hydrogen-bond donors (Lipinski definition) is 2. The lowest BCUT2D eigenvalue weighted by Gasteiger charge is -2.54. The number of amides is 1. The first kappa shape index (κ1) is 34.9. The van der Waals surface area contributed by atoms with Crippen LogP contribution < -0.4 is 0 Å². The monoisotopic (exact) mass is 633 g/mol. The second-order valence-corrected chi connectivity index (χ2v) is 15.3. The molecule has 2 N–H and O–H groups in total. The average Bonchev–Trinajstić information content (AvgIpc) is 3.34. The topological polar surface area (TPSA) is 60.8 Å². The summed E-state index contributed by atoms with van der Waals surface area (Å²) in [5, 5.41) is 21.3. The lowest BCUT2D eigenvalue weighted by Crippen LogP contribution is -2.51. The van der Waals surface area contributed by atoms with Gasteiger partial charge in [0.1, 0.15) is 11.9 Å². The predicted octanol–water partition coefficient (Wildman–Crippen LogP) is 9.90. The number of benzene rings is 2. The molecule has 3 aliphatic carbocycles. The molecule has 2 aromatic rings. The maximum atomic E-state index is 16.1. The Morgan fingerprint density at radius 3 is 2.39 bits per heavy atom. The SMILES string of the molecule is CCCCCCCCCCCC(=O)N(CCCC[C@@H]1Cc2cc(O)ccc2[C@@H]2[C@@H]1[C@@H]1CC[C@H](O)[C@@]1(C)C[C@@H]2F)Cc1ccccc1. The van der Waals surface area contributed by atoms with E-state index in [2.05, 4.69) is 30.9 Å². The number of carbonyl (C=O) groups is 1. The highest BCUT2D eigenvalue weighted by molar-refractivity contribution is 5.76. The first-order valence-corrected chi connectivity index (χ1v) is 18.8. The van der Waals surface area contributed by atoms with E-state index in [1.165, 1.54) is 50.5 Å². The van der Waals surface area contributed by atoms with Crippen molar-refractivity contribution in [3.63, 3.8) is 0 Å². The summed E-state index contributed by atoms with van der Waals surface area (Å²) in [5.74, 6) is 1.19. The van der Waals surface area contributed by atoms with Crippen LogP contribution in [0, 0.1) is 23.2 Å². The van der Waals surface area contributed by atoms with Crippen LogP contribution in [0.3, 0.4) is 0 Å². The van der Waals surface area contributed by atoms with E-state index in [1.807, 2.05) is 30.3 Å². The van der Waals surface area contributed by atoms with Gasteiger partial charge in [-0.1, -0.05) is 108 Å². The number of aliphatic hydroxyl groups excluding tert-OH is 1. The van der Waals surface area contributed by atoms with E-state index in [1.54, 1.807) is 6.07 Å². The molecular weight excluding hydrogens is 573 g/mol. The van der Waals surface area contributed by atoms with Gasteiger partial charge in [0.05, 0.1) is 6.10 Å². The Morgan fingerprint density at radius 1 is 0.935 bits per heavy atom. The molecule has 3 aliphatic rings. The van der Waals surface area contributed by atoms with Crippen molar-refractivity contribution in [1.29, 1.82) is 0 Å². The van der Waals surface area contributed by atoms with Gasteiger partial charge >= 0.3 is 0 Å². The molecule has 0 bridgehead atoms. The molecule has 0 aliphatic heterocycles. The first-order valence-electron chi connectivity index (χ1n) is 18.8. The Hall–Kier alpha value is -2.40. The van der Waals surface area contributed by atoms with Crippen LogP contribution in [0.4, 0.5) is 4.39 Å². The maximum absolute atomic E-state index is 16.1. The third-order valence-corrected chi connectivity index (χ3v) is 12.1. The first-order chi connectivity index (χ1) is 22.3. The molecule has 4 nitrogen and oxygen atoms in total. The summed E-state index contributed by atoms with van der Waals surface area (Å²) in [6.45, 7) is 5.78. The third kappa shape index (κ3) is 8.35. The van der Waals surface area contributed by atoms with Gasteiger partial charge in [-0.3, -0.25) is 4.79 Å². The number of aliphatic hydroxyl groups is 1. The second-order valence-electron chi connectivity index (χ2n) is 15.3. The summed E-state index contributed by atoms with van der Waals surface area (Å²) < 4.78 is 16.1. The Morgan fingerprint density at radius 2 is 1.65 bits per heavy atom. The van der Waals surface area contributed by atoms with Crippen LogP contribution in [0.2, 0.25) is 0 Å². The second kappa shape index (κ2) is 16.6. The smallest absolute Gasteiger partial charge is 0.222 e. The number of halogens is 1. The Kier molecular flexibility index (Phi) is 12.6. The quantitative estimate of drug-likeness (QED) is 0.171. The van der Waals surface area contributed by atoms with Crippen LogP contribution >= 0.6 is 0 Å². The van der Waals surface area contributed by atoms with Crippen molar-refractivity contribution in [2.45, 2.75) is 148 Å². The molecule has 2 fully saturated rings.